The van der Waals surface area contributed by atoms with E-state index in [1.54, 1.807) is 4.90 Å². The van der Waals surface area contributed by atoms with Crippen molar-refractivity contribution >= 4 is 17.7 Å². The summed E-state index contributed by atoms with van der Waals surface area (Å²) < 4.78 is 12.3. The molecule has 4 aliphatic heterocycles. The van der Waals surface area contributed by atoms with Crippen molar-refractivity contribution in [1.29, 1.82) is 0 Å². The smallest absolute Gasteiger partial charge is 0.245 e. The van der Waals surface area contributed by atoms with E-state index in [2.05, 4.69) is 15.5 Å². The van der Waals surface area contributed by atoms with Gasteiger partial charge in [0.2, 0.25) is 17.7 Å². The van der Waals surface area contributed by atoms with Gasteiger partial charge in [-0.1, -0.05) is 51.1 Å². The SMILES string of the molecule is CC[C@]12CCC3(O1)C(C(=O)NCCN1CCOCC1)N([C@@H](CO)CC(C)C)C(=O)[C@@H]3[C@H]2C(=O)NCc1ccccc1. The lowest BCUT2D eigenvalue weighted by molar-refractivity contribution is -0.151. The molecule has 226 valence electrons. The maximum atomic E-state index is 14.4. The van der Waals surface area contributed by atoms with Gasteiger partial charge < -0.3 is 30.1 Å². The number of rotatable bonds is 12. The molecule has 1 aromatic rings. The minimum atomic E-state index is -1.10. The minimum Gasteiger partial charge on any atom is -0.394 e. The Bertz CT molecular complexity index is 1100. The van der Waals surface area contributed by atoms with Crippen LogP contribution in [0.15, 0.2) is 30.3 Å². The average molecular weight is 571 g/mol. The van der Waals surface area contributed by atoms with Crippen molar-refractivity contribution in [3.8, 4) is 0 Å². The first kappa shape index (κ1) is 29.9. The number of aliphatic hydroxyl groups is 1. The second-order valence-electron chi connectivity index (χ2n) is 12.5. The summed E-state index contributed by atoms with van der Waals surface area (Å²) in [5, 5.41) is 16.6. The molecule has 10 nitrogen and oxygen atoms in total. The summed E-state index contributed by atoms with van der Waals surface area (Å²) in [4.78, 5) is 46.1. The van der Waals surface area contributed by atoms with Crippen LogP contribution in [0.3, 0.4) is 0 Å². The highest BCUT2D eigenvalue weighted by atomic mass is 16.5. The number of carbonyl (C=O) groups excluding carboxylic acids is 3. The Kier molecular flexibility index (Phi) is 9.04. The number of ether oxygens (including phenoxy) is 2. The zero-order valence-corrected chi connectivity index (χ0v) is 24.6. The van der Waals surface area contributed by atoms with Crippen LogP contribution in [-0.2, 0) is 30.4 Å². The van der Waals surface area contributed by atoms with Crippen LogP contribution >= 0.6 is 0 Å². The minimum absolute atomic E-state index is 0.201. The molecule has 0 radical (unpaired) electrons. The van der Waals surface area contributed by atoms with Crippen molar-refractivity contribution in [2.45, 2.75) is 76.3 Å². The lowest BCUT2D eigenvalue weighted by Gasteiger charge is -2.38. The highest BCUT2D eigenvalue weighted by molar-refractivity contribution is 5.99. The Morgan fingerprint density at radius 2 is 1.83 bits per heavy atom. The summed E-state index contributed by atoms with van der Waals surface area (Å²) in [6, 6.07) is 8.24. The van der Waals surface area contributed by atoms with Crippen molar-refractivity contribution in [3.63, 3.8) is 0 Å². The largest absolute Gasteiger partial charge is 0.394 e. The standard InChI is InChI=1S/C31H46N4O6/c1-4-30-10-11-31(41-30)25(24(30)27(37)33-19-22-8-6-5-7-9-22)29(39)35(23(20-36)18-21(2)3)26(31)28(38)32-12-13-34-14-16-40-17-15-34/h5-9,21,23-26,36H,4,10-20H2,1-3H3,(H,32,38)(H,33,37)/t23-,24+,25+,26?,30-,31?/m1/s1. The van der Waals surface area contributed by atoms with Gasteiger partial charge >= 0.3 is 0 Å². The number of likely N-dealkylation sites (tertiary alicyclic amines) is 1. The van der Waals surface area contributed by atoms with E-state index in [0.717, 1.165) is 18.7 Å². The lowest BCUT2D eigenvalue weighted by Crippen LogP contribution is -2.58. The fraction of sp³-hybridized carbons (Fsp3) is 0.710. The van der Waals surface area contributed by atoms with Gasteiger partial charge in [0.05, 0.1) is 43.3 Å². The molecule has 3 amide bonds. The molecule has 4 aliphatic rings. The van der Waals surface area contributed by atoms with Crippen molar-refractivity contribution in [2.24, 2.45) is 17.8 Å². The van der Waals surface area contributed by atoms with Crippen molar-refractivity contribution in [3.05, 3.63) is 35.9 Å². The highest BCUT2D eigenvalue weighted by Crippen LogP contribution is 2.64. The van der Waals surface area contributed by atoms with Gasteiger partial charge in [-0.15, -0.1) is 0 Å². The maximum absolute atomic E-state index is 14.4. The summed E-state index contributed by atoms with van der Waals surface area (Å²) in [7, 11) is 0. The van der Waals surface area contributed by atoms with Crippen molar-refractivity contribution in [1.82, 2.24) is 20.4 Å². The Morgan fingerprint density at radius 3 is 2.49 bits per heavy atom. The number of nitrogens with one attached hydrogen (secondary N) is 2. The van der Waals surface area contributed by atoms with Gasteiger partial charge in [0.25, 0.3) is 0 Å². The molecule has 0 aromatic heterocycles. The molecular weight excluding hydrogens is 524 g/mol. The van der Waals surface area contributed by atoms with E-state index < -0.39 is 35.1 Å². The topological polar surface area (TPSA) is 120 Å². The molecule has 3 N–H and O–H groups in total. The number of carbonyl (C=O) groups is 3. The number of fused-ring (bicyclic) bond motifs is 1. The third-order valence-corrected chi connectivity index (χ3v) is 9.64. The fourth-order valence-electron chi connectivity index (χ4n) is 7.72. The number of amides is 3. The summed E-state index contributed by atoms with van der Waals surface area (Å²) >= 11 is 0. The fourth-order valence-corrected chi connectivity index (χ4v) is 7.72. The van der Waals surface area contributed by atoms with Crippen LogP contribution in [0.25, 0.3) is 0 Å². The molecule has 4 saturated heterocycles. The number of nitrogens with zero attached hydrogens (tertiary/aromatic N) is 2. The van der Waals surface area contributed by atoms with Gasteiger partial charge in [0.1, 0.15) is 11.6 Å². The molecule has 5 rings (SSSR count). The van der Waals surface area contributed by atoms with Gasteiger partial charge in [0.15, 0.2) is 0 Å². The van der Waals surface area contributed by atoms with E-state index in [4.69, 9.17) is 9.47 Å². The zero-order chi connectivity index (χ0) is 29.2. The van der Waals surface area contributed by atoms with Gasteiger partial charge in [-0.3, -0.25) is 19.3 Å². The van der Waals surface area contributed by atoms with Crippen LogP contribution in [-0.4, -0.2) is 102 Å². The number of aliphatic hydroxyl groups excluding tert-OH is 1. The summed E-state index contributed by atoms with van der Waals surface area (Å²) in [5.74, 6) is -2.02. The summed E-state index contributed by atoms with van der Waals surface area (Å²) in [6.07, 6.45) is 2.25. The molecule has 1 spiro atoms. The van der Waals surface area contributed by atoms with Gasteiger partial charge in [0, 0.05) is 32.7 Å². The van der Waals surface area contributed by atoms with Crippen LogP contribution in [0.2, 0.25) is 0 Å². The van der Waals surface area contributed by atoms with Gasteiger partial charge in [-0.2, -0.15) is 0 Å². The second kappa shape index (κ2) is 12.4. The first-order valence-electron chi connectivity index (χ1n) is 15.3. The number of morpholine rings is 1. The molecular formula is C31H46N4O6. The van der Waals surface area contributed by atoms with Gasteiger partial charge in [-0.05, 0) is 37.2 Å². The molecule has 1 aromatic carbocycles. The normalized spacial score (nSPS) is 31.9. The highest BCUT2D eigenvalue weighted by Gasteiger charge is 2.79. The predicted molar refractivity (Wildman–Crippen MR) is 153 cm³/mol. The third-order valence-electron chi connectivity index (χ3n) is 9.64. The molecule has 0 aliphatic carbocycles. The third kappa shape index (κ3) is 5.51. The Balaban J connectivity index is 1.42. The van der Waals surface area contributed by atoms with Crippen LogP contribution in [0, 0.1) is 17.8 Å². The summed E-state index contributed by atoms with van der Waals surface area (Å²) in [6.45, 7) is 10.3. The van der Waals surface area contributed by atoms with E-state index >= 15 is 0 Å². The molecule has 4 heterocycles. The van der Waals surface area contributed by atoms with E-state index in [-0.39, 0.29) is 30.2 Å². The molecule has 0 saturated carbocycles. The molecule has 6 atom stereocenters. The maximum Gasteiger partial charge on any atom is 0.245 e. The lowest BCUT2D eigenvalue weighted by atomic mass is 9.65. The Morgan fingerprint density at radius 1 is 1.10 bits per heavy atom. The van der Waals surface area contributed by atoms with Crippen LogP contribution in [0.4, 0.5) is 0 Å². The van der Waals surface area contributed by atoms with Gasteiger partial charge in [-0.25, -0.2) is 0 Å². The average Bonchev–Trinajstić information content (AvgIpc) is 3.59. The van der Waals surface area contributed by atoms with Crippen molar-refractivity contribution < 1.29 is 29.0 Å². The monoisotopic (exact) mass is 570 g/mol. The van der Waals surface area contributed by atoms with Crippen LogP contribution < -0.4 is 10.6 Å². The molecule has 10 heteroatoms. The van der Waals surface area contributed by atoms with E-state index in [0.29, 0.717) is 58.5 Å². The number of benzene rings is 1. The molecule has 2 bridgehead atoms. The van der Waals surface area contributed by atoms with Crippen LogP contribution in [0.5, 0.6) is 0 Å². The molecule has 4 fully saturated rings. The predicted octanol–water partition coefficient (Wildman–Crippen LogP) is 1.31. The Labute approximate surface area is 243 Å². The quantitative estimate of drug-likeness (QED) is 0.347. The van der Waals surface area contributed by atoms with E-state index in [1.807, 2.05) is 51.1 Å². The molecule has 2 unspecified atom stereocenters. The number of hydrogen-bond donors (Lipinski definition) is 3. The van der Waals surface area contributed by atoms with E-state index in [1.165, 1.54) is 0 Å². The number of hydrogen-bond acceptors (Lipinski definition) is 7. The summed E-state index contributed by atoms with van der Waals surface area (Å²) in [5.41, 5.74) is -0.930. The first-order chi connectivity index (χ1) is 19.8. The van der Waals surface area contributed by atoms with Crippen LogP contribution in [0.1, 0.15) is 52.0 Å². The second-order valence-corrected chi connectivity index (χ2v) is 12.5. The van der Waals surface area contributed by atoms with E-state index in [9.17, 15) is 19.5 Å². The Hall–Kier alpha value is -2.53. The van der Waals surface area contributed by atoms with Crippen molar-refractivity contribution in [2.75, 3.05) is 46.0 Å². The molecule has 41 heavy (non-hydrogen) atoms. The zero-order valence-electron chi connectivity index (χ0n) is 24.6. The first-order valence-corrected chi connectivity index (χ1v) is 15.3.